The third kappa shape index (κ3) is 4.93. The van der Waals surface area contributed by atoms with Gasteiger partial charge in [-0.3, -0.25) is 9.69 Å². The van der Waals surface area contributed by atoms with Crippen molar-refractivity contribution >= 4 is 23.2 Å². The van der Waals surface area contributed by atoms with E-state index in [9.17, 15) is 4.79 Å². The van der Waals surface area contributed by atoms with Crippen LogP contribution >= 0.6 is 11.6 Å². The van der Waals surface area contributed by atoms with Crippen molar-refractivity contribution in [3.63, 3.8) is 0 Å². The van der Waals surface area contributed by atoms with Crippen LogP contribution in [0.4, 0.5) is 5.69 Å². The first-order valence-corrected chi connectivity index (χ1v) is 11.0. The molecule has 1 atom stereocenters. The highest BCUT2D eigenvalue weighted by atomic mass is 35.5. The number of piperazine rings is 1. The van der Waals surface area contributed by atoms with E-state index in [1.54, 1.807) is 0 Å². The van der Waals surface area contributed by atoms with Crippen molar-refractivity contribution in [1.82, 2.24) is 9.80 Å². The standard InChI is InChI=1S/C24H30ClN3O/c1-19-9-10-22(25)16-23(19)27-12-14-28(15-13-27)24(29)21-8-5-11-26(18-21)17-20-6-3-2-4-7-20/h2-4,6-7,9-10,16,21H,5,8,11-15,17-18H2,1H3. The summed E-state index contributed by atoms with van der Waals surface area (Å²) in [5.41, 5.74) is 3.75. The van der Waals surface area contributed by atoms with Crippen LogP contribution in [0.5, 0.6) is 0 Å². The second-order valence-corrected chi connectivity index (χ2v) is 8.74. The van der Waals surface area contributed by atoms with Gasteiger partial charge in [0.2, 0.25) is 5.91 Å². The van der Waals surface area contributed by atoms with Crippen LogP contribution in [0, 0.1) is 12.8 Å². The molecule has 154 valence electrons. The van der Waals surface area contributed by atoms with Crippen LogP contribution in [-0.2, 0) is 11.3 Å². The fraction of sp³-hybridized carbons (Fsp3) is 0.458. The zero-order chi connectivity index (χ0) is 20.2. The summed E-state index contributed by atoms with van der Waals surface area (Å²) in [7, 11) is 0. The molecule has 0 saturated carbocycles. The molecule has 4 nitrogen and oxygen atoms in total. The number of hydrogen-bond donors (Lipinski definition) is 0. The molecule has 0 aliphatic carbocycles. The van der Waals surface area contributed by atoms with Crippen molar-refractivity contribution in [3.05, 3.63) is 64.7 Å². The molecule has 2 saturated heterocycles. The Hall–Kier alpha value is -2.04. The number of carbonyl (C=O) groups excluding carboxylic acids is 1. The molecule has 2 fully saturated rings. The van der Waals surface area contributed by atoms with E-state index in [1.165, 1.54) is 16.8 Å². The Labute approximate surface area is 179 Å². The van der Waals surface area contributed by atoms with Crippen LogP contribution in [-0.4, -0.2) is 55.0 Å². The molecule has 0 aromatic heterocycles. The molecule has 0 bridgehead atoms. The lowest BCUT2D eigenvalue weighted by Crippen LogP contribution is -2.52. The smallest absolute Gasteiger partial charge is 0.227 e. The van der Waals surface area contributed by atoms with Gasteiger partial charge in [0, 0.05) is 50.0 Å². The van der Waals surface area contributed by atoms with E-state index in [0.29, 0.717) is 5.91 Å². The summed E-state index contributed by atoms with van der Waals surface area (Å²) >= 11 is 6.19. The minimum atomic E-state index is 0.131. The molecule has 2 aliphatic rings. The van der Waals surface area contributed by atoms with E-state index >= 15 is 0 Å². The number of rotatable bonds is 4. The first-order chi connectivity index (χ1) is 14.1. The third-order valence-corrected chi connectivity index (χ3v) is 6.44. The lowest BCUT2D eigenvalue weighted by atomic mass is 9.95. The van der Waals surface area contributed by atoms with Gasteiger partial charge >= 0.3 is 0 Å². The summed E-state index contributed by atoms with van der Waals surface area (Å²) in [6.45, 7) is 8.33. The summed E-state index contributed by atoms with van der Waals surface area (Å²) in [5, 5.41) is 0.768. The first-order valence-electron chi connectivity index (χ1n) is 10.7. The van der Waals surface area contributed by atoms with Gasteiger partial charge < -0.3 is 9.80 Å². The Bertz CT molecular complexity index is 833. The Kier molecular flexibility index (Phi) is 6.41. The Balaban J connectivity index is 1.32. The fourth-order valence-corrected chi connectivity index (χ4v) is 4.76. The van der Waals surface area contributed by atoms with Gasteiger partial charge in [-0.25, -0.2) is 0 Å². The first kappa shape index (κ1) is 20.2. The van der Waals surface area contributed by atoms with Crippen LogP contribution < -0.4 is 4.90 Å². The lowest BCUT2D eigenvalue weighted by molar-refractivity contribution is -0.137. The average molecular weight is 412 g/mol. The van der Waals surface area contributed by atoms with Gasteiger partial charge in [-0.2, -0.15) is 0 Å². The zero-order valence-corrected chi connectivity index (χ0v) is 17.9. The highest BCUT2D eigenvalue weighted by Crippen LogP contribution is 2.26. The summed E-state index contributed by atoms with van der Waals surface area (Å²) in [4.78, 5) is 20.0. The third-order valence-electron chi connectivity index (χ3n) is 6.21. The number of nitrogens with zero attached hydrogens (tertiary/aromatic N) is 3. The van der Waals surface area contributed by atoms with Gasteiger partial charge in [0.15, 0.2) is 0 Å². The maximum Gasteiger partial charge on any atom is 0.227 e. The fourth-order valence-electron chi connectivity index (χ4n) is 4.59. The number of halogens is 1. The SMILES string of the molecule is Cc1ccc(Cl)cc1N1CCN(C(=O)C2CCCN(Cc3ccccc3)C2)CC1. The van der Waals surface area contributed by atoms with E-state index in [1.807, 2.05) is 12.1 Å². The van der Waals surface area contributed by atoms with Crippen LogP contribution in [0.2, 0.25) is 5.02 Å². The van der Waals surface area contributed by atoms with Crippen LogP contribution in [0.3, 0.4) is 0 Å². The maximum atomic E-state index is 13.2. The number of anilines is 1. The predicted molar refractivity (Wildman–Crippen MR) is 119 cm³/mol. The van der Waals surface area contributed by atoms with Crippen LogP contribution in [0.25, 0.3) is 0 Å². The van der Waals surface area contributed by atoms with Gasteiger partial charge in [-0.1, -0.05) is 48.0 Å². The number of amides is 1. The van der Waals surface area contributed by atoms with Crippen molar-refractivity contribution in [2.45, 2.75) is 26.3 Å². The molecule has 1 amide bonds. The Morgan fingerprint density at radius 1 is 1.03 bits per heavy atom. The van der Waals surface area contributed by atoms with Crippen molar-refractivity contribution in [2.75, 3.05) is 44.2 Å². The summed E-state index contributed by atoms with van der Waals surface area (Å²) in [6, 6.07) is 16.6. The predicted octanol–water partition coefficient (Wildman–Crippen LogP) is 4.21. The maximum absolute atomic E-state index is 13.2. The van der Waals surface area contributed by atoms with E-state index in [4.69, 9.17) is 11.6 Å². The number of benzene rings is 2. The van der Waals surface area contributed by atoms with Gasteiger partial charge in [-0.15, -0.1) is 0 Å². The number of piperidine rings is 1. The van der Waals surface area contributed by atoms with Crippen LogP contribution in [0.1, 0.15) is 24.0 Å². The van der Waals surface area contributed by atoms with Crippen molar-refractivity contribution in [1.29, 1.82) is 0 Å². The largest absolute Gasteiger partial charge is 0.368 e. The molecule has 29 heavy (non-hydrogen) atoms. The van der Waals surface area contributed by atoms with Gasteiger partial charge in [0.05, 0.1) is 5.92 Å². The van der Waals surface area contributed by atoms with E-state index in [2.05, 4.69) is 58.0 Å². The quantitative estimate of drug-likeness (QED) is 0.754. The normalized spacial score (nSPS) is 20.7. The van der Waals surface area contributed by atoms with Gasteiger partial charge in [0.1, 0.15) is 0 Å². The van der Waals surface area contributed by atoms with E-state index in [-0.39, 0.29) is 5.92 Å². The van der Waals surface area contributed by atoms with Crippen molar-refractivity contribution in [2.24, 2.45) is 5.92 Å². The van der Waals surface area contributed by atoms with Crippen LogP contribution in [0.15, 0.2) is 48.5 Å². The molecule has 2 aromatic rings. The molecular weight excluding hydrogens is 382 g/mol. The topological polar surface area (TPSA) is 26.8 Å². The Morgan fingerprint density at radius 3 is 2.55 bits per heavy atom. The highest BCUT2D eigenvalue weighted by Gasteiger charge is 2.31. The number of carbonyl (C=O) groups is 1. The molecule has 2 aromatic carbocycles. The zero-order valence-electron chi connectivity index (χ0n) is 17.2. The average Bonchev–Trinajstić information content (AvgIpc) is 2.76. The molecule has 0 spiro atoms. The molecular formula is C24H30ClN3O. The molecule has 4 rings (SSSR count). The second-order valence-electron chi connectivity index (χ2n) is 8.30. The number of aryl methyl sites for hydroxylation is 1. The summed E-state index contributed by atoms with van der Waals surface area (Å²) in [6.07, 6.45) is 2.11. The minimum absolute atomic E-state index is 0.131. The molecule has 5 heteroatoms. The Morgan fingerprint density at radius 2 is 1.79 bits per heavy atom. The van der Waals surface area contributed by atoms with Crippen molar-refractivity contribution < 1.29 is 4.79 Å². The van der Waals surface area contributed by atoms with Gasteiger partial charge in [-0.05, 0) is 49.6 Å². The molecule has 2 heterocycles. The highest BCUT2D eigenvalue weighted by molar-refractivity contribution is 6.30. The second kappa shape index (κ2) is 9.19. The summed E-state index contributed by atoms with van der Waals surface area (Å²) in [5.74, 6) is 0.470. The van der Waals surface area contributed by atoms with E-state index in [0.717, 1.165) is 63.7 Å². The molecule has 2 aliphatic heterocycles. The minimum Gasteiger partial charge on any atom is -0.368 e. The monoisotopic (exact) mass is 411 g/mol. The number of likely N-dealkylation sites (tertiary alicyclic amines) is 1. The van der Waals surface area contributed by atoms with Gasteiger partial charge in [0.25, 0.3) is 0 Å². The van der Waals surface area contributed by atoms with Crippen molar-refractivity contribution in [3.8, 4) is 0 Å². The molecule has 1 unspecified atom stereocenters. The number of hydrogen-bond acceptors (Lipinski definition) is 3. The molecule has 0 N–H and O–H groups in total. The lowest BCUT2D eigenvalue weighted by Gasteiger charge is -2.40. The molecule has 0 radical (unpaired) electrons. The van der Waals surface area contributed by atoms with E-state index < -0.39 is 0 Å². The summed E-state index contributed by atoms with van der Waals surface area (Å²) < 4.78 is 0.